The molecule has 0 radical (unpaired) electrons. The molecule has 0 bridgehead atoms. The zero-order valence-corrected chi connectivity index (χ0v) is 10.2. The van der Waals surface area contributed by atoms with Gasteiger partial charge in [0.1, 0.15) is 10.7 Å². The second-order valence-electron chi connectivity index (χ2n) is 3.44. The van der Waals surface area contributed by atoms with Crippen molar-refractivity contribution in [2.75, 3.05) is 0 Å². The van der Waals surface area contributed by atoms with E-state index in [2.05, 4.69) is 20.1 Å². The van der Waals surface area contributed by atoms with Crippen LogP contribution >= 0.6 is 11.5 Å². The van der Waals surface area contributed by atoms with Crippen LogP contribution in [0, 0.1) is 12.7 Å². The van der Waals surface area contributed by atoms with Gasteiger partial charge in [0.25, 0.3) is 5.91 Å². The van der Waals surface area contributed by atoms with Crippen LogP contribution in [0.5, 0.6) is 0 Å². The van der Waals surface area contributed by atoms with E-state index in [1.165, 1.54) is 18.3 Å². The van der Waals surface area contributed by atoms with Crippen molar-refractivity contribution in [1.29, 1.82) is 0 Å². The van der Waals surface area contributed by atoms with Gasteiger partial charge in [-0.05, 0) is 36.2 Å². The van der Waals surface area contributed by atoms with Crippen molar-refractivity contribution in [2.45, 2.75) is 6.92 Å². The van der Waals surface area contributed by atoms with Crippen LogP contribution in [0.2, 0.25) is 0 Å². The topological polar surface area (TPSA) is 67.2 Å². The second kappa shape index (κ2) is 5.46. The highest BCUT2D eigenvalue weighted by atomic mass is 32.1. The first-order valence-corrected chi connectivity index (χ1v) is 5.82. The number of halogens is 1. The SMILES string of the molecule is Cc1nnsc1C(=O)N/N=C/c1cccc(F)c1. The maximum Gasteiger partial charge on any atom is 0.285 e. The molecule has 18 heavy (non-hydrogen) atoms. The molecule has 1 aromatic carbocycles. The smallest absolute Gasteiger partial charge is 0.266 e. The molecule has 5 nitrogen and oxygen atoms in total. The Kier molecular flexibility index (Phi) is 3.73. The van der Waals surface area contributed by atoms with E-state index in [1.807, 2.05) is 0 Å². The Morgan fingerprint density at radius 2 is 2.39 bits per heavy atom. The molecule has 0 fully saturated rings. The number of aromatic nitrogens is 2. The third-order valence-electron chi connectivity index (χ3n) is 2.09. The average Bonchev–Trinajstić information content (AvgIpc) is 2.75. The van der Waals surface area contributed by atoms with Gasteiger partial charge in [0.2, 0.25) is 0 Å². The summed E-state index contributed by atoms with van der Waals surface area (Å²) in [5, 5.41) is 7.46. The third-order valence-corrected chi connectivity index (χ3v) is 2.91. The summed E-state index contributed by atoms with van der Waals surface area (Å²) < 4.78 is 16.5. The molecule has 0 unspecified atom stereocenters. The summed E-state index contributed by atoms with van der Waals surface area (Å²) in [4.78, 5) is 12.0. The second-order valence-corrected chi connectivity index (χ2v) is 4.20. The van der Waals surface area contributed by atoms with Crippen molar-refractivity contribution in [3.05, 3.63) is 46.2 Å². The summed E-state index contributed by atoms with van der Waals surface area (Å²) in [7, 11) is 0. The maximum atomic E-state index is 12.9. The van der Waals surface area contributed by atoms with E-state index in [0.29, 0.717) is 16.1 Å². The number of rotatable bonds is 3. The normalized spacial score (nSPS) is 10.8. The summed E-state index contributed by atoms with van der Waals surface area (Å²) in [6.45, 7) is 1.69. The van der Waals surface area contributed by atoms with Gasteiger partial charge in [-0.1, -0.05) is 16.6 Å². The van der Waals surface area contributed by atoms with Crippen molar-refractivity contribution in [1.82, 2.24) is 15.0 Å². The van der Waals surface area contributed by atoms with Gasteiger partial charge in [0.05, 0.1) is 11.9 Å². The van der Waals surface area contributed by atoms with Crippen LogP contribution in [0.3, 0.4) is 0 Å². The molecule has 1 amide bonds. The lowest BCUT2D eigenvalue weighted by atomic mass is 10.2. The zero-order chi connectivity index (χ0) is 13.0. The Balaban J connectivity index is 2.00. The zero-order valence-electron chi connectivity index (χ0n) is 9.42. The van der Waals surface area contributed by atoms with Gasteiger partial charge in [-0.3, -0.25) is 4.79 Å². The quantitative estimate of drug-likeness (QED) is 0.678. The van der Waals surface area contributed by atoms with Crippen LogP contribution < -0.4 is 5.43 Å². The molecule has 0 aliphatic carbocycles. The number of carbonyl (C=O) groups is 1. The number of hydrogen-bond acceptors (Lipinski definition) is 5. The summed E-state index contributed by atoms with van der Waals surface area (Å²) >= 11 is 0.999. The van der Waals surface area contributed by atoms with Gasteiger partial charge >= 0.3 is 0 Å². The Morgan fingerprint density at radius 3 is 3.06 bits per heavy atom. The summed E-state index contributed by atoms with van der Waals surface area (Å²) in [6.07, 6.45) is 1.37. The molecule has 0 saturated carbocycles. The number of carbonyl (C=O) groups excluding carboxylic acids is 1. The molecule has 0 atom stereocenters. The largest absolute Gasteiger partial charge is 0.285 e. The Morgan fingerprint density at radius 1 is 1.56 bits per heavy atom. The van der Waals surface area contributed by atoms with Crippen LogP contribution in [0.25, 0.3) is 0 Å². The van der Waals surface area contributed by atoms with Crippen LogP contribution in [-0.2, 0) is 0 Å². The fraction of sp³-hybridized carbons (Fsp3) is 0.0909. The van der Waals surface area contributed by atoms with Gasteiger partial charge in [-0.25, -0.2) is 9.82 Å². The van der Waals surface area contributed by atoms with Gasteiger partial charge in [0.15, 0.2) is 0 Å². The van der Waals surface area contributed by atoms with Crippen molar-refractivity contribution in [3.63, 3.8) is 0 Å². The van der Waals surface area contributed by atoms with Crippen LogP contribution in [0.4, 0.5) is 4.39 Å². The summed E-state index contributed by atoms with van der Waals surface area (Å²) in [6, 6.07) is 5.89. The molecular weight excluding hydrogens is 255 g/mol. The monoisotopic (exact) mass is 264 g/mol. The van der Waals surface area contributed by atoms with E-state index in [1.54, 1.807) is 19.1 Å². The minimum atomic E-state index is -0.379. The highest BCUT2D eigenvalue weighted by Gasteiger charge is 2.11. The van der Waals surface area contributed by atoms with E-state index < -0.39 is 0 Å². The van der Waals surface area contributed by atoms with Crippen molar-refractivity contribution in [3.8, 4) is 0 Å². The predicted octanol–water partition coefficient (Wildman–Crippen LogP) is 1.75. The first-order valence-electron chi connectivity index (χ1n) is 5.05. The molecular formula is C11H9FN4OS. The first-order chi connectivity index (χ1) is 8.66. The van der Waals surface area contributed by atoms with Crippen LogP contribution in [0.1, 0.15) is 20.9 Å². The minimum absolute atomic E-state index is 0.354. The molecule has 1 heterocycles. The lowest BCUT2D eigenvalue weighted by Gasteiger charge is -1.96. The number of hydrazone groups is 1. The highest BCUT2D eigenvalue weighted by molar-refractivity contribution is 7.07. The molecule has 0 spiro atoms. The fourth-order valence-electron chi connectivity index (χ4n) is 1.24. The minimum Gasteiger partial charge on any atom is -0.266 e. The number of nitrogens with one attached hydrogen (secondary N) is 1. The standard InChI is InChI=1S/C11H9FN4OS/c1-7-10(18-16-14-7)11(17)15-13-6-8-3-2-4-9(12)5-8/h2-6H,1H3,(H,15,17)/b13-6+. The molecule has 2 aromatic rings. The molecule has 0 aliphatic heterocycles. The lowest BCUT2D eigenvalue weighted by Crippen LogP contribution is -2.17. The van der Waals surface area contributed by atoms with E-state index >= 15 is 0 Å². The van der Waals surface area contributed by atoms with Crippen molar-refractivity contribution < 1.29 is 9.18 Å². The van der Waals surface area contributed by atoms with Crippen LogP contribution in [-0.4, -0.2) is 21.7 Å². The fourth-order valence-corrected chi connectivity index (χ4v) is 1.79. The van der Waals surface area contributed by atoms with Gasteiger partial charge < -0.3 is 0 Å². The van der Waals surface area contributed by atoms with Crippen LogP contribution in [0.15, 0.2) is 29.4 Å². The van der Waals surface area contributed by atoms with Gasteiger partial charge in [-0.15, -0.1) is 5.10 Å². The Labute approximate surface area is 107 Å². The first kappa shape index (κ1) is 12.3. The summed E-state index contributed by atoms with van der Waals surface area (Å²) in [5.41, 5.74) is 3.45. The van der Waals surface area contributed by atoms with E-state index in [4.69, 9.17) is 0 Å². The van der Waals surface area contributed by atoms with Gasteiger partial charge in [-0.2, -0.15) is 5.10 Å². The third kappa shape index (κ3) is 2.95. The molecule has 1 N–H and O–H groups in total. The predicted molar refractivity (Wildman–Crippen MR) is 66.1 cm³/mol. The highest BCUT2D eigenvalue weighted by Crippen LogP contribution is 2.08. The molecule has 0 aliphatic rings. The molecule has 0 saturated heterocycles. The van der Waals surface area contributed by atoms with E-state index in [9.17, 15) is 9.18 Å². The lowest BCUT2D eigenvalue weighted by molar-refractivity contribution is 0.0958. The van der Waals surface area contributed by atoms with E-state index in [-0.39, 0.29) is 11.7 Å². The van der Waals surface area contributed by atoms with Crippen molar-refractivity contribution in [2.24, 2.45) is 5.10 Å². The molecule has 2 rings (SSSR count). The van der Waals surface area contributed by atoms with Gasteiger partial charge in [0, 0.05) is 0 Å². The van der Waals surface area contributed by atoms with Crippen molar-refractivity contribution >= 4 is 23.7 Å². The summed E-state index contributed by atoms with van der Waals surface area (Å²) in [5.74, 6) is -0.733. The number of aryl methyl sites for hydroxylation is 1. The Hall–Kier alpha value is -2.15. The maximum absolute atomic E-state index is 12.9. The Bertz CT molecular complexity index is 596. The number of amides is 1. The number of benzene rings is 1. The molecule has 92 valence electrons. The number of nitrogens with zero attached hydrogens (tertiary/aromatic N) is 3. The molecule has 7 heteroatoms. The average molecular weight is 264 g/mol. The van der Waals surface area contributed by atoms with E-state index in [0.717, 1.165) is 11.5 Å². The number of hydrogen-bond donors (Lipinski definition) is 1. The molecule has 1 aromatic heterocycles.